The Kier molecular flexibility index (Phi) is 7.60. The van der Waals surface area contributed by atoms with E-state index < -0.39 is 27.7 Å². The summed E-state index contributed by atoms with van der Waals surface area (Å²) >= 11 is 0. The molecule has 0 amide bonds. The zero-order valence-corrected chi connectivity index (χ0v) is 22.6. The molecule has 206 valence electrons. The lowest BCUT2D eigenvalue weighted by molar-refractivity contribution is -0.135. The minimum atomic E-state index is -4.37. The Balaban J connectivity index is 1.30. The quantitative estimate of drug-likeness (QED) is 0.366. The van der Waals surface area contributed by atoms with Gasteiger partial charge in [0, 0.05) is 6.42 Å². The molecule has 4 aliphatic carbocycles. The van der Waals surface area contributed by atoms with Crippen LogP contribution in [0.15, 0.2) is 46.9 Å². The first kappa shape index (κ1) is 27.2. The number of hydrogen-bond acceptors (Lipinski definition) is 3. The summed E-state index contributed by atoms with van der Waals surface area (Å²) in [5.74, 6) is 2.88. The maximum Gasteiger partial charge on any atom is 0.389 e. The number of allylic oxidation sites excluding steroid dienone is 1. The minimum Gasteiger partial charge on any atom is -0.393 e. The fourth-order valence-corrected chi connectivity index (χ4v) is 10.6. The van der Waals surface area contributed by atoms with Crippen LogP contribution in [0.1, 0.15) is 84.0 Å². The molecule has 1 aromatic carbocycles. The van der Waals surface area contributed by atoms with Crippen molar-refractivity contribution in [2.45, 2.75) is 106 Å². The summed E-state index contributed by atoms with van der Waals surface area (Å²) in [6.07, 6.45) is 5.73. The highest BCUT2D eigenvalue weighted by Crippen LogP contribution is 2.64. The summed E-state index contributed by atoms with van der Waals surface area (Å²) in [6.45, 7) is 2.38. The summed E-state index contributed by atoms with van der Waals surface area (Å²) in [5, 5.41) is 9.13. The van der Waals surface area contributed by atoms with Gasteiger partial charge in [0.2, 0.25) is 0 Å². The lowest BCUT2D eigenvalue weighted by Crippen LogP contribution is -2.46. The van der Waals surface area contributed by atoms with E-state index in [-0.39, 0.29) is 22.8 Å². The second-order valence-corrected chi connectivity index (χ2v) is 14.7. The molecule has 0 heterocycles. The number of hydrogen-bond donors (Lipinski definition) is 1. The molecule has 0 radical (unpaired) electrons. The van der Waals surface area contributed by atoms with Crippen LogP contribution in [0, 0.1) is 35.0 Å². The predicted molar refractivity (Wildman–Crippen MR) is 139 cm³/mol. The fraction of sp³-hybridized carbons (Fsp3) is 0.733. The molecule has 0 saturated heterocycles. The third kappa shape index (κ3) is 5.41. The summed E-state index contributed by atoms with van der Waals surface area (Å²) in [5.41, 5.74) is 1.60. The van der Waals surface area contributed by atoms with Crippen LogP contribution in [0.3, 0.4) is 0 Å². The van der Waals surface area contributed by atoms with Gasteiger partial charge in [0.1, 0.15) is 0 Å². The Morgan fingerprint density at radius 3 is 2.51 bits per heavy atom. The highest BCUT2D eigenvalue weighted by atomic mass is 32.2. The van der Waals surface area contributed by atoms with E-state index in [9.17, 15) is 26.7 Å². The van der Waals surface area contributed by atoms with Gasteiger partial charge in [0.25, 0.3) is 0 Å². The topological polar surface area (TPSA) is 54.4 Å². The van der Waals surface area contributed by atoms with Gasteiger partial charge in [0.05, 0.1) is 16.2 Å². The standard InChI is InChI=1S/C30H41F3O3S/c1-29-17-16-26-25-13-10-22(34)19-20(25)7-12-27(26)28(29)14-9-21(29)8-11-24(15-18-30(31,32)33)37(35,36)23-5-3-2-4-6-23/h2-7,21-22,24-28,34H,8-19H2,1H3/t21?,22-,24?,25?,26?,27?,28?,29?/m0/s1. The number of benzene rings is 1. The Hall–Kier alpha value is -1.34. The van der Waals surface area contributed by atoms with Crippen LogP contribution in [-0.4, -0.2) is 31.1 Å². The largest absolute Gasteiger partial charge is 0.393 e. The number of rotatable bonds is 7. The predicted octanol–water partition coefficient (Wildman–Crippen LogP) is 7.50. The van der Waals surface area contributed by atoms with E-state index in [0.717, 1.165) is 44.9 Å². The van der Waals surface area contributed by atoms with Crippen LogP contribution in [0.4, 0.5) is 13.2 Å². The first-order valence-corrected chi connectivity index (χ1v) is 15.8. The fourth-order valence-electron chi connectivity index (χ4n) is 8.80. The van der Waals surface area contributed by atoms with Gasteiger partial charge in [-0.3, -0.25) is 0 Å². The summed E-state index contributed by atoms with van der Waals surface area (Å²) in [7, 11) is -3.83. The summed E-state index contributed by atoms with van der Waals surface area (Å²) < 4.78 is 66.1. The first-order valence-electron chi connectivity index (χ1n) is 14.2. The van der Waals surface area contributed by atoms with Crippen molar-refractivity contribution in [2.24, 2.45) is 35.0 Å². The number of halogens is 3. The van der Waals surface area contributed by atoms with E-state index in [2.05, 4.69) is 13.0 Å². The van der Waals surface area contributed by atoms with Gasteiger partial charge in [-0.15, -0.1) is 0 Å². The third-order valence-corrected chi connectivity index (χ3v) is 13.0. The molecule has 0 bridgehead atoms. The molecule has 8 atom stereocenters. The number of sulfone groups is 1. The minimum absolute atomic E-state index is 0.126. The molecule has 0 aromatic heterocycles. The molecule has 3 saturated carbocycles. The van der Waals surface area contributed by atoms with Gasteiger partial charge >= 0.3 is 6.18 Å². The monoisotopic (exact) mass is 538 g/mol. The lowest BCUT2D eigenvalue weighted by Gasteiger charge is -2.54. The molecule has 37 heavy (non-hydrogen) atoms. The van der Waals surface area contributed by atoms with Crippen molar-refractivity contribution in [3.63, 3.8) is 0 Å². The van der Waals surface area contributed by atoms with Gasteiger partial charge < -0.3 is 5.11 Å². The van der Waals surface area contributed by atoms with E-state index in [0.29, 0.717) is 42.4 Å². The van der Waals surface area contributed by atoms with Crippen molar-refractivity contribution in [3.8, 4) is 0 Å². The van der Waals surface area contributed by atoms with Gasteiger partial charge in [-0.1, -0.05) is 36.8 Å². The smallest absolute Gasteiger partial charge is 0.389 e. The van der Waals surface area contributed by atoms with Crippen LogP contribution in [0.25, 0.3) is 0 Å². The molecule has 7 heteroatoms. The Bertz CT molecular complexity index is 1080. The average molecular weight is 539 g/mol. The SMILES string of the molecule is CC12CCC3C4CC[C@H](O)CC4=CCC3C1CCC2CCC(CCC(F)(F)F)S(=O)(=O)c1ccccc1. The molecule has 3 fully saturated rings. The maximum absolute atomic E-state index is 13.4. The molecule has 7 unspecified atom stereocenters. The molecular weight excluding hydrogens is 497 g/mol. The van der Waals surface area contributed by atoms with Crippen LogP contribution < -0.4 is 0 Å². The molecule has 1 N–H and O–H groups in total. The van der Waals surface area contributed by atoms with E-state index in [1.165, 1.54) is 24.1 Å². The molecule has 1 aromatic rings. The molecule has 0 spiro atoms. The highest BCUT2D eigenvalue weighted by molar-refractivity contribution is 7.92. The number of alkyl halides is 3. The zero-order chi connectivity index (χ0) is 26.4. The molecule has 4 aliphatic rings. The van der Waals surface area contributed by atoms with Gasteiger partial charge in [-0.2, -0.15) is 13.2 Å². The van der Waals surface area contributed by atoms with Crippen molar-refractivity contribution in [2.75, 3.05) is 0 Å². The zero-order valence-electron chi connectivity index (χ0n) is 21.8. The van der Waals surface area contributed by atoms with Crippen molar-refractivity contribution in [1.82, 2.24) is 0 Å². The van der Waals surface area contributed by atoms with Crippen molar-refractivity contribution in [1.29, 1.82) is 0 Å². The normalized spacial score (nSPS) is 36.7. The summed E-state index contributed by atoms with van der Waals surface area (Å²) in [6, 6.07) is 7.98. The van der Waals surface area contributed by atoms with E-state index in [1.807, 2.05) is 0 Å². The van der Waals surface area contributed by atoms with Crippen LogP contribution in [0.2, 0.25) is 0 Å². The number of fused-ring (bicyclic) bond motifs is 5. The average Bonchev–Trinajstić information content (AvgIpc) is 3.19. The van der Waals surface area contributed by atoms with Crippen LogP contribution >= 0.6 is 0 Å². The van der Waals surface area contributed by atoms with Crippen molar-refractivity contribution >= 4 is 9.84 Å². The van der Waals surface area contributed by atoms with Crippen molar-refractivity contribution < 1.29 is 26.7 Å². The van der Waals surface area contributed by atoms with E-state index >= 15 is 0 Å². The highest BCUT2D eigenvalue weighted by Gasteiger charge is 2.55. The second kappa shape index (κ2) is 10.3. The Morgan fingerprint density at radius 2 is 1.78 bits per heavy atom. The van der Waals surface area contributed by atoms with Crippen LogP contribution in [0.5, 0.6) is 0 Å². The van der Waals surface area contributed by atoms with E-state index in [1.54, 1.807) is 18.2 Å². The number of aliphatic hydroxyl groups excluding tert-OH is 1. The van der Waals surface area contributed by atoms with E-state index in [4.69, 9.17) is 0 Å². The Labute approximate surface area is 219 Å². The molecule has 5 rings (SSSR count). The third-order valence-electron chi connectivity index (χ3n) is 10.7. The van der Waals surface area contributed by atoms with Crippen molar-refractivity contribution in [3.05, 3.63) is 42.0 Å². The Morgan fingerprint density at radius 1 is 1.03 bits per heavy atom. The number of aliphatic hydroxyl groups is 1. The maximum atomic E-state index is 13.4. The lowest BCUT2D eigenvalue weighted by atomic mass is 9.51. The summed E-state index contributed by atoms with van der Waals surface area (Å²) in [4.78, 5) is 0.126. The molecular formula is C30H41F3O3S. The van der Waals surface area contributed by atoms with Crippen LogP contribution in [-0.2, 0) is 9.84 Å². The molecule has 3 nitrogen and oxygen atoms in total. The molecule has 0 aliphatic heterocycles. The van der Waals surface area contributed by atoms with Gasteiger partial charge in [0.15, 0.2) is 9.84 Å². The van der Waals surface area contributed by atoms with Gasteiger partial charge in [-0.05, 0) is 118 Å². The van der Waals surface area contributed by atoms with Gasteiger partial charge in [-0.25, -0.2) is 8.42 Å². The second-order valence-electron chi connectivity index (χ2n) is 12.5. The first-order chi connectivity index (χ1) is 17.5.